The lowest BCUT2D eigenvalue weighted by Crippen LogP contribution is -2.58. The summed E-state index contributed by atoms with van der Waals surface area (Å²) in [5.41, 5.74) is 1.68. The van der Waals surface area contributed by atoms with Crippen LogP contribution in [-0.4, -0.2) is 12.1 Å². The molecule has 22 heavy (non-hydrogen) atoms. The Hall–Kier alpha value is -0.730. The Kier molecular flexibility index (Phi) is 3.86. The molecule has 4 bridgehead atoms. The van der Waals surface area contributed by atoms with Crippen LogP contribution in [0.5, 0.6) is 5.75 Å². The van der Waals surface area contributed by atoms with E-state index in [0.717, 1.165) is 35.1 Å². The highest BCUT2D eigenvalue weighted by Crippen LogP contribution is 2.55. The zero-order valence-corrected chi connectivity index (χ0v) is 14.2. The van der Waals surface area contributed by atoms with E-state index < -0.39 is 0 Å². The molecule has 0 atom stereocenters. The quantitative estimate of drug-likeness (QED) is 0.842. The molecule has 0 radical (unpaired) electrons. The molecule has 0 amide bonds. The minimum Gasteiger partial charge on any atom is -0.492 e. The molecule has 2 nitrogen and oxygen atoms in total. The minimum atomic E-state index is 0.416. The molecule has 0 spiro atoms. The van der Waals surface area contributed by atoms with Crippen molar-refractivity contribution in [3.63, 3.8) is 0 Å². The zero-order valence-electron chi connectivity index (χ0n) is 13.4. The third-order valence-electron chi connectivity index (χ3n) is 6.00. The van der Waals surface area contributed by atoms with E-state index in [0.29, 0.717) is 12.1 Å². The van der Waals surface area contributed by atoms with Crippen LogP contribution in [0.1, 0.15) is 51.0 Å². The second kappa shape index (κ2) is 5.72. The lowest BCUT2D eigenvalue weighted by molar-refractivity contribution is -0.0206. The van der Waals surface area contributed by atoms with Crippen molar-refractivity contribution in [2.24, 2.45) is 17.8 Å². The van der Waals surface area contributed by atoms with E-state index in [1.165, 1.54) is 44.1 Å². The number of benzene rings is 1. The Balaban J connectivity index is 1.43. The molecule has 0 saturated heterocycles. The summed E-state index contributed by atoms with van der Waals surface area (Å²) in [6, 6.07) is 6.20. The molecule has 5 rings (SSSR count). The number of rotatable bonds is 5. The highest BCUT2D eigenvalue weighted by Gasteiger charge is 2.50. The van der Waals surface area contributed by atoms with Crippen molar-refractivity contribution >= 4 is 11.6 Å². The van der Waals surface area contributed by atoms with Crippen LogP contribution in [0.3, 0.4) is 0 Å². The Morgan fingerprint density at radius 3 is 2.32 bits per heavy atom. The number of hydrogen-bond acceptors (Lipinski definition) is 2. The first-order chi connectivity index (χ1) is 10.7. The van der Waals surface area contributed by atoms with Crippen LogP contribution >= 0.6 is 11.6 Å². The second-order valence-electron chi connectivity index (χ2n) is 7.75. The highest BCUT2D eigenvalue weighted by atomic mass is 35.5. The van der Waals surface area contributed by atoms with Crippen molar-refractivity contribution in [3.8, 4) is 5.75 Å². The maximum atomic E-state index is 6.31. The van der Waals surface area contributed by atoms with E-state index in [1.807, 2.05) is 13.0 Å². The fraction of sp³-hybridized carbons (Fsp3) is 0.684. The summed E-state index contributed by atoms with van der Waals surface area (Å²) in [5, 5.41) is 4.65. The van der Waals surface area contributed by atoms with Crippen LogP contribution < -0.4 is 10.1 Å². The van der Waals surface area contributed by atoms with E-state index >= 15 is 0 Å². The van der Waals surface area contributed by atoms with Gasteiger partial charge in [0.1, 0.15) is 5.75 Å². The van der Waals surface area contributed by atoms with Gasteiger partial charge in [-0.05, 0) is 80.9 Å². The predicted octanol–water partition coefficient (Wildman–Crippen LogP) is 4.80. The summed E-state index contributed by atoms with van der Waals surface area (Å²) in [4.78, 5) is 0. The van der Waals surface area contributed by atoms with E-state index in [4.69, 9.17) is 16.3 Å². The van der Waals surface area contributed by atoms with Crippen LogP contribution in [0.4, 0.5) is 0 Å². The zero-order chi connectivity index (χ0) is 15.2. The van der Waals surface area contributed by atoms with Crippen molar-refractivity contribution in [1.82, 2.24) is 5.32 Å². The molecule has 1 aromatic rings. The topological polar surface area (TPSA) is 21.3 Å². The van der Waals surface area contributed by atoms with Crippen molar-refractivity contribution in [3.05, 3.63) is 28.8 Å². The summed E-state index contributed by atoms with van der Waals surface area (Å²) < 4.78 is 5.52. The maximum Gasteiger partial charge on any atom is 0.137 e. The van der Waals surface area contributed by atoms with Gasteiger partial charge in [0.25, 0.3) is 0 Å². The van der Waals surface area contributed by atoms with Gasteiger partial charge in [-0.15, -0.1) is 0 Å². The fourth-order valence-corrected chi connectivity index (χ4v) is 5.80. The number of ether oxygens (including phenoxy) is 1. The third kappa shape index (κ3) is 2.76. The van der Waals surface area contributed by atoms with Crippen LogP contribution in [0, 0.1) is 17.8 Å². The van der Waals surface area contributed by atoms with Crippen LogP contribution in [0.15, 0.2) is 18.2 Å². The lowest BCUT2D eigenvalue weighted by Gasteiger charge is -2.57. The second-order valence-corrected chi connectivity index (χ2v) is 8.16. The molecule has 4 saturated carbocycles. The molecule has 0 aliphatic heterocycles. The normalized spacial score (nSPS) is 35.8. The van der Waals surface area contributed by atoms with Crippen LogP contribution in [0.2, 0.25) is 5.02 Å². The average Bonchev–Trinajstić information content (AvgIpc) is 2.46. The number of nitrogens with one attached hydrogen (secondary N) is 1. The Bertz CT molecular complexity index is 521. The van der Waals surface area contributed by atoms with Crippen LogP contribution in [0.25, 0.3) is 0 Å². The SMILES string of the molecule is CCOc1ccc(CNC23CC4CC(CC(C4)C2)C3)cc1Cl. The molecule has 4 aliphatic rings. The van der Waals surface area contributed by atoms with E-state index in [9.17, 15) is 0 Å². The smallest absolute Gasteiger partial charge is 0.137 e. The maximum absolute atomic E-state index is 6.31. The fourth-order valence-electron chi connectivity index (χ4n) is 5.54. The molecule has 1 N–H and O–H groups in total. The summed E-state index contributed by atoms with van der Waals surface area (Å²) in [5.74, 6) is 3.76. The van der Waals surface area contributed by atoms with Gasteiger partial charge in [-0.1, -0.05) is 17.7 Å². The molecule has 4 fully saturated rings. The summed E-state index contributed by atoms with van der Waals surface area (Å²) >= 11 is 6.31. The van der Waals surface area contributed by atoms with Crippen molar-refractivity contribution in [1.29, 1.82) is 0 Å². The van der Waals surface area contributed by atoms with Crippen LogP contribution in [-0.2, 0) is 6.54 Å². The van der Waals surface area contributed by atoms with Crippen molar-refractivity contribution < 1.29 is 4.74 Å². The minimum absolute atomic E-state index is 0.416. The molecule has 3 heteroatoms. The van der Waals surface area contributed by atoms with Gasteiger partial charge in [-0.25, -0.2) is 0 Å². The average molecular weight is 320 g/mol. The molecule has 4 aliphatic carbocycles. The monoisotopic (exact) mass is 319 g/mol. The third-order valence-corrected chi connectivity index (χ3v) is 6.30. The summed E-state index contributed by atoms with van der Waals surface area (Å²) in [6.45, 7) is 3.57. The molecular formula is C19H26ClNO. The largest absolute Gasteiger partial charge is 0.492 e. The van der Waals surface area contributed by atoms with Gasteiger partial charge in [0, 0.05) is 12.1 Å². The predicted molar refractivity (Wildman–Crippen MR) is 90.4 cm³/mol. The first-order valence-corrected chi connectivity index (χ1v) is 9.20. The van der Waals surface area contributed by atoms with Gasteiger partial charge in [0.15, 0.2) is 0 Å². The van der Waals surface area contributed by atoms with Gasteiger partial charge in [-0.3, -0.25) is 0 Å². The first kappa shape index (κ1) is 14.8. The molecule has 0 heterocycles. The molecule has 120 valence electrons. The van der Waals surface area contributed by atoms with Gasteiger partial charge < -0.3 is 10.1 Å². The molecule has 1 aromatic carbocycles. The Morgan fingerprint density at radius 1 is 1.14 bits per heavy atom. The lowest BCUT2D eigenvalue weighted by atomic mass is 9.53. The van der Waals surface area contributed by atoms with Gasteiger partial charge in [0.2, 0.25) is 0 Å². The van der Waals surface area contributed by atoms with E-state index in [1.54, 1.807) is 0 Å². The first-order valence-electron chi connectivity index (χ1n) is 8.82. The van der Waals surface area contributed by atoms with Gasteiger partial charge in [0.05, 0.1) is 11.6 Å². The molecule has 0 aromatic heterocycles. The Labute approximate surface area is 138 Å². The highest BCUT2D eigenvalue weighted by molar-refractivity contribution is 6.32. The van der Waals surface area contributed by atoms with Gasteiger partial charge >= 0.3 is 0 Å². The van der Waals surface area contributed by atoms with E-state index in [2.05, 4.69) is 17.4 Å². The standard InChI is InChI=1S/C19H26ClNO/c1-2-22-18-4-3-13(8-17(18)20)12-21-19-9-14-5-15(10-19)7-16(6-14)11-19/h3-4,8,14-16,21H,2,5-7,9-12H2,1H3. The number of hydrogen-bond donors (Lipinski definition) is 1. The van der Waals surface area contributed by atoms with Gasteiger partial charge in [-0.2, -0.15) is 0 Å². The Morgan fingerprint density at radius 2 is 1.77 bits per heavy atom. The summed E-state index contributed by atoms with van der Waals surface area (Å²) in [6.07, 6.45) is 8.67. The van der Waals surface area contributed by atoms with E-state index in [-0.39, 0.29) is 0 Å². The summed E-state index contributed by atoms with van der Waals surface area (Å²) in [7, 11) is 0. The van der Waals surface area contributed by atoms with Crippen molar-refractivity contribution in [2.45, 2.75) is 57.5 Å². The molecular weight excluding hydrogens is 294 g/mol. The molecule has 0 unspecified atom stereocenters. The number of halogens is 1. The van der Waals surface area contributed by atoms with Crippen molar-refractivity contribution in [2.75, 3.05) is 6.61 Å².